The van der Waals surface area contributed by atoms with Crippen LogP contribution >= 0.6 is 23.8 Å². The fourth-order valence-electron chi connectivity index (χ4n) is 2.35. The first-order valence-electron chi connectivity index (χ1n) is 6.97. The molecule has 0 aromatic heterocycles. The smallest absolute Gasteiger partial charge is 0.332 e. The minimum Gasteiger partial charge on any atom is -0.350 e. The summed E-state index contributed by atoms with van der Waals surface area (Å²) in [5.74, 6) is -0.281. The Hall–Kier alpha value is -2.45. The molecule has 1 fully saturated rings. The number of nitrogens with two attached hydrogens (primary N) is 1. The molecule has 0 saturated carbocycles. The van der Waals surface area contributed by atoms with Crippen LogP contribution in [0.2, 0.25) is 5.02 Å². The van der Waals surface area contributed by atoms with Gasteiger partial charge in [0, 0.05) is 11.6 Å². The van der Waals surface area contributed by atoms with Crippen molar-refractivity contribution in [3.05, 3.63) is 41.9 Å². The van der Waals surface area contributed by atoms with Crippen LogP contribution in [0.15, 0.2) is 42.0 Å². The maximum atomic E-state index is 12.9. The molecule has 126 valence electrons. The van der Waals surface area contributed by atoms with Gasteiger partial charge in [0.05, 0.1) is 11.4 Å². The molecule has 1 aromatic rings. The maximum Gasteiger partial charge on any atom is 0.332 e. The Balaban J connectivity index is 2.39. The highest BCUT2D eigenvalue weighted by Gasteiger charge is 2.44. The predicted molar refractivity (Wildman–Crippen MR) is 98.1 cm³/mol. The first-order chi connectivity index (χ1) is 11.4. The van der Waals surface area contributed by atoms with Crippen molar-refractivity contribution in [1.29, 1.82) is 0 Å². The average Bonchev–Trinajstić information content (AvgIpc) is 2.77. The Morgan fingerprint density at radius 1 is 1.50 bits per heavy atom. The molecule has 3 amide bonds. The second kappa shape index (κ2) is 7.41. The van der Waals surface area contributed by atoms with Crippen LogP contribution in [0.4, 0.5) is 10.5 Å². The third-order valence-corrected chi connectivity index (χ3v) is 4.02. The second-order valence-corrected chi connectivity index (χ2v) is 5.81. The highest BCUT2D eigenvalue weighted by molar-refractivity contribution is 7.80. The van der Waals surface area contributed by atoms with E-state index >= 15 is 0 Å². The standard InChI is InChI=1S/C15H16ClN5O2S/c1-3-8-20-12(9(2)18-19-14(17)23)13(22)21(15(20)24)11-6-4-10(16)5-7-11/h3-7,12H,1,8H2,2H3,(H3,17,19,23)/b18-9+. The van der Waals surface area contributed by atoms with Crippen molar-refractivity contribution in [2.45, 2.75) is 13.0 Å². The van der Waals surface area contributed by atoms with E-state index in [0.717, 1.165) is 0 Å². The number of anilines is 1. The Kier molecular flexibility index (Phi) is 5.53. The summed E-state index contributed by atoms with van der Waals surface area (Å²) in [4.78, 5) is 26.8. The van der Waals surface area contributed by atoms with Gasteiger partial charge in [0.1, 0.15) is 0 Å². The van der Waals surface area contributed by atoms with Crippen molar-refractivity contribution >= 4 is 52.3 Å². The van der Waals surface area contributed by atoms with Crippen LogP contribution < -0.4 is 16.1 Å². The molecule has 0 aliphatic carbocycles. The van der Waals surface area contributed by atoms with Crippen LogP contribution in [-0.4, -0.2) is 40.2 Å². The van der Waals surface area contributed by atoms with Gasteiger partial charge in [-0.15, -0.1) is 6.58 Å². The number of amides is 3. The first kappa shape index (κ1) is 17.9. The Morgan fingerprint density at radius 2 is 2.12 bits per heavy atom. The number of halogens is 1. The third kappa shape index (κ3) is 3.55. The molecule has 2 rings (SSSR count). The van der Waals surface area contributed by atoms with Gasteiger partial charge in [-0.25, -0.2) is 10.2 Å². The molecular formula is C15H16ClN5O2S. The van der Waals surface area contributed by atoms with Crippen LogP contribution in [0.25, 0.3) is 0 Å². The number of benzene rings is 1. The summed E-state index contributed by atoms with van der Waals surface area (Å²) in [6.45, 7) is 5.65. The van der Waals surface area contributed by atoms with Gasteiger partial charge in [-0.3, -0.25) is 9.69 Å². The molecule has 24 heavy (non-hydrogen) atoms. The van der Waals surface area contributed by atoms with E-state index in [4.69, 9.17) is 29.6 Å². The van der Waals surface area contributed by atoms with Crippen molar-refractivity contribution in [2.75, 3.05) is 11.4 Å². The molecule has 1 aliphatic heterocycles. The highest BCUT2D eigenvalue weighted by atomic mass is 35.5. The van der Waals surface area contributed by atoms with Gasteiger partial charge >= 0.3 is 6.03 Å². The average molecular weight is 366 g/mol. The molecule has 3 N–H and O–H groups in total. The van der Waals surface area contributed by atoms with E-state index in [0.29, 0.717) is 28.1 Å². The molecule has 1 heterocycles. The number of carbonyl (C=O) groups excluding carboxylic acids is 2. The van der Waals surface area contributed by atoms with Crippen LogP contribution in [0.1, 0.15) is 6.92 Å². The van der Waals surface area contributed by atoms with Gasteiger partial charge in [0.15, 0.2) is 11.2 Å². The summed E-state index contributed by atoms with van der Waals surface area (Å²) in [5.41, 5.74) is 8.09. The summed E-state index contributed by atoms with van der Waals surface area (Å²) < 4.78 is 0. The van der Waals surface area contributed by atoms with Crippen LogP contribution in [-0.2, 0) is 4.79 Å². The lowest BCUT2D eigenvalue weighted by Crippen LogP contribution is -2.41. The van der Waals surface area contributed by atoms with Crippen molar-refractivity contribution in [3.8, 4) is 0 Å². The molecule has 9 heteroatoms. The van der Waals surface area contributed by atoms with Crippen LogP contribution in [0.5, 0.6) is 0 Å². The molecule has 0 bridgehead atoms. The third-order valence-electron chi connectivity index (χ3n) is 3.35. The number of hydrogen-bond donors (Lipinski definition) is 2. The van der Waals surface area contributed by atoms with Crippen LogP contribution in [0.3, 0.4) is 0 Å². The van der Waals surface area contributed by atoms with Crippen LogP contribution in [0, 0.1) is 0 Å². The van der Waals surface area contributed by atoms with Gasteiger partial charge < -0.3 is 10.6 Å². The quantitative estimate of drug-likeness (QED) is 0.360. The predicted octanol–water partition coefficient (Wildman–Crippen LogP) is 1.87. The Bertz CT molecular complexity index is 719. The van der Waals surface area contributed by atoms with Gasteiger partial charge in [0.25, 0.3) is 5.91 Å². The normalized spacial score (nSPS) is 18.1. The number of hydrogen-bond acceptors (Lipinski definition) is 4. The molecule has 0 radical (unpaired) electrons. The number of rotatable bonds is 5. The van der Waals surface area contributed by atoms with E-state index in [9.17, 15) is 9.59 Å². The molecule has 1 saturated heterocycles. The van der Waals surface area contributed by atoms with E-state index in [1.54, 1.807) is 42.2 Å². The molecule has 1 aromatic carbocycles. The number of thiocarbonyl (C=S) groups is 1. The second-order valence-electron chi connectivity index (χ2n) is 5.01. The number of nitrogens with one attached hydrogen (secondary N) is 1. The SMILES string of the molecule is C=CCN1C(=S)N(c2ccc(Cl)cc2)C(=O)C1/C(C)=N/NC(N)=O. The number of urea groups is 1. The summed E-state index contributed by atoms with van der Waals surface area (Å²) in [5, 5.41) is 4.73. The zero-order valence-corrected chi connectivity index (χ0v) is 14.5. The van der Waals surface area contributed by atoms with Crippen molar-refractivity contribution in [2.24, 2.45) is 10.8 Å². The molecule has 0 spiro atoms. The lowest BCUT2D eigenvalue weighted by molar-refractivity contribution is -0.118. The summed E-state index contributed by atoms with van der Waals surface area (Å²) in [6, 6.07) is 5.19. The van der Waals surface area contributed by atoms with Gasteiger partial charge in [-0.05, 0) is 43.4 Å². The lowest BCUT2D eigenvalue weighted by Gasteiger charge is -2.22. The number of nitrogens with zero attached hydrogens (tertiary/aromatic N) is 3. The molecule has 1 unspecified atom stereocenters. The fourth-order valence-corrected chi connectivity index (χ4v) is 2.85. The molecule has 1 atom stereocenters. The first-order valence-corrected chi connectivity index (χ1v) is 7.76. The van der Waals surface area contributed by atoms with Gasteiger partial charge in [-0.1, -0.05) is 17.7 Å². The zero-order chi connectivity index (χ0) is 17.9. The number of carbonyl (C=O) groups is 2. The molecular weight excluding hydrogens is 350 g/mol. The topological polar surface area (TPSA) is 91.0 Å². The lowest BCUT2D eigenvalue weighted by atomic mass is 10.1. The van der Waals surface area contributed by atoms with E-state index in [2.05, 4.69) is 17.1 Å². The summed E-state index contributed by atoms with van der Waals surface area (Å²) in [7, 11) is 0. The summed E-state index contributed by atoms with van der Waals surface area (Å²) in [6.07, 6.45) is 1.63. The van der Waals surface area contributed by atoms with E-state index in [-0.39, 0.29) is 5.91 Å². The molecule has 1 aliphatic rings. The minimum atomic E-state index is -0.813. The molecule has 7 nitrogen and oxygen atoms in total. The van der Waals surface area contributed by atoms with Crippen molar-refractivity contribution in [3.63, 3.8) is 0 Å². The number of hydrazone groups is 1. The largest absolute Gasteiger partial charge is 0.350 e. The Morgan fingerprint density at radius 3 is 2.67 bits per heavy atom. The van der Waals surface area contributed by atoms with Crippen molar-refractivity contribution in [1.82, 2.24) is 10.3 Å². The fraction of sp³-hybridized carbons (Fsp3) is 0.200. The Labute approximate surface area is 149 Å². The van der Waals surface area contributed by atoms with Gasteiger partial charge in [-0.2, -0.15) is 5.10 Å². The maximum absolute atomic E-state index is 12.9. The zero-order valence-electron chi connectivity index (χ0n) is 12.9. The van der Waals surface area contributed by atoms with Gasteiger partial charge in [0.2, 0.25) is 0 Å². The van der Waals surface area contributed by atoms with Crippen molar-refractivity contribution < 1.29 is 9.59 Å². The summed E-state index contributed by atoms with van der Waals surface area (Å²) >= 11 is 11.3. The highest BCUT2D eigenvalue weighted by Crippen LogP contribution is 2.27. The van der Waals surface area contributed by atoms with E-state index < -0.39 is 12.1 Å². The minimum absolute atomic E-state index is 0.281. The number of primary amides is 1. The van der Waals surface area contributed by atoms with E-state index in [1.165, 1.54) is 4.90 Å². The van der Waals surface area contributed by atoms with E-state index in [1.807, 2.05) is 0 Å². The monoisotopic (exact) mass is 365 g/mol.